The van der Waals surface area contributed by atoms with Crippen LogP contribution in [-0.2, 0) is 11.8 Å². The molecule has 0 heterocycles. The Morgan fingerprint density at radius 3 is 1.94 bits per heavy atom. The second-order valence-electron chi connectivity index (χ2n) is 10.4. The quantitative estimate of drug-likeness (QED) is 0.364. The summed E-state index contributed by atoms with van der Waals surface area (Å²) in [5.74, 6) is 6.47. The Morgan fingerprint density at radius 2 is 1.40 bits per heavy atom. The Morgan fingerprint density at radius 1 is 0.800 bits per heavy atom. The van der Waals surface area contributed by atoms with E-state index in [0.717, 1.165) is 50.5 Å². The van der Waals surface area contributed by atoms with Crippen molar-refractivity contribution in [3.8, 4) is 23.0 Å². The van der Waals surface area contributed by atoms with Crippen LogP contribution in [0.2, 0.25) is 0 Å². The summed E-state index contributed by atoms with van der Waals surface area (Å²) in [6.07, 6.45) is 6.88. The molecule has 1 heteroatoms. The molecule has 1 N–H and O–H groups in total. The first kappa shape index (κ1) is 25.3. The molecule has 0 aliphatic heterocycles. The van der Waals surface area contributed by atoms with Crippen molar-refractivity contribution in [1.29, 1.82) is 0 Å². The summed E-state index contributed by atoms with van der Waals surface area (Å²) in [4.78, 5) is 0. The lowest BCUT2D eigenvalue weighted by atomic mass is 9.69. The van der Waals surface area contributed by atoms with Gasteiger partial charge in [0.25, 0.3) is 0 Å². The molecule has 0 unspecified atom stereocenters. The van der Waals surface area contributed by atoms with Crippen LogP contribution < -0.4 is 0 Å². The highest BCUT2D eigenvalue weighted by Crippen LogP contribution is 2.41. The second kappa shape index (κ2) is 10.4. The number of rotatable bonds is 6. The highest BCUT2D eigenvalue weighted by molar-refractivity contribution is 5.68. The summed E-state index contributed by atoms with van der Waals surface area (Å²) in [5.41, 5.74) is 9.41. The zero-order valence-electron chi connectivity index (χ0n) is 22.2. The minimum absolute atomic E-state index is 0.0320. The van der Waals surface area contributed by atoms with Crippen molar-refractivity contribution in [2.75, 3.05) is 0 Å². The SMILES string of the molecule is CCc1ccc(-c2ccc(C(CC)(CC)c3ccc(C#CC4(O)CCCC4)c(C)c3)cc2C)cc1. The van der Waals surface area contributed by atoms with Crippen LogP contribution in [-0.4, -0.2) is 10.7 Å². The third kappa shape index (κ3) is 5.10. The lowest BCUT2D eigenvalue weighted by molar-refractivity contribution is 0.110. The minimum Gasteiger partial charge on any atom is -0.378 e. The van der Waals surface area contributed by atoms with Crippen LogP contribution in [0.25, 0.3) is 11.1 Å². The van der Waals surface area contributed by atoms with Crippen LogP contribution >= 0.6 is 0 Å². The van der Waals surface area contributed by atoms with E-state index in [-0.39, 0.29) is 5.41 Å². The maximum Gasteiger partial charge on any atom is 0.125 e. The summed E-state index contributed by atoms with van der Waals surface area (Å²) >= 11 is 0. The van der Waals surface area contributed by atoms with Crippen LogP contribution in [0.5, 0.6) is 0 Å². The number of benzene rings is 3. The van der Waals surface area contributed by atoms with Crippen LogP contribution in [0.4, 0.5) is 0 Å². The van der Waals surface area contributed by atoms with Crippen molar-refractivity contribution in [3.05, 3.63) is 94.0 Å². The van der Waals surface area contributed by atoms with Gasteiger partial charge in [0.2, 0.25) is 0 Å². The molecule has 1 aliphatic carbocycles. The van der Waals surface area contributed by atoms with Crippen molar-refractivity contribution in [2.24, 2.45) is 0 Å². The van der Waals surface area contributed by atoms with Gasteiger partial charge in [-0.1, -0.05) is 87.2 Å². The molecule has 0 saturated heterocycles. The molecule has 182 valence electrons. The van der Waals surface area contributed by atoms with Crippen molar-refractivity contribution < 1.29 is 5.11 Å². The van der Waals surface area contributed by atoms with Crippen molar-refractivity contribution >= 4 is 0 Å². The summed E-state index contributed by atoms with van der Waals surface area (Å²) < 4.78 is 0. The number of hydrogen-bond acceptors (Lipinski definition) is 1. The van der Waals surface area contributed by atoms with Crippen LogP contribution in [0, 0.1) is 25.7 Å². The summed E-state index contributed by atoms with van der Waals surface area (Å²) in [6.45, 7) is 11.2. The van der Waals surface area contributed by atoms with Gasteiger partial charge in [-0.2, -0.15) is 0 Å². The molecule has 1 fully saturated rings. The van der Waals surface area contributed by atoms with E-state index in [1.54, 1.807) is 0 Å². The molecule has 0 aromatic heterocycles. The van der Waals surface area contributed by atoms with Crippen LogP contribution in [0.1, 0.15) is 92.7 Å². The second-order valence-corrected chi connectivity index (χ2v) is 10.4. The topological polar surface area (TPSA) is 20.2 Å². The molecule has 3 aromatic rings. The van der Waals surface area contributed by atoms with E-state index in [2.05, 4.69) is 107 Å². The van der Waals surface area contributed by atoms with E-state index < -0.39 is 5.60 Å². The van der Waals surface area contributed by atoms with Gasteiger partial charge in [0.15, 0.2) is 0 Å². The number of hydrogen-bond donors (Lipinski definition) is 1. The van der Waals surface area contributed by atoms with E-state index in [9.17, 15) is 5.11 Å². The molecule has 4 rings (SSSR count). The third-order valence-corrected chi connectivity index (χ3v) is 8.30. The molecule has 0 radical (unpaired) electrons. The van der Waals surface area contributed by atoms with Gasteiger partial charge in [-0.25, -0.2) is 0 Å². The maximum atomic E-state index is 10.6. The van der Waals surface area contributed by atoms with Gasteiger partial charge in [0, 0.05) is 11.0 Å². The molecule has 0 spiro atoms. The number of aliphatic hydroxyl groups is 1. The fourth-order valence-corrected chi connectivity index (χ4v) is 5.81. The van der Waals surface area contributed by atoms with E-state index in [1.807, 2.05) is 0 Å². The monoisotopic (exact) mass is 464 g/mol. The Hall–Kier alpha value is -2.82. The molecule has 1 nitrogen and oxygen atoms in total. The average molecular weight is 465 g/mol. The van der Waals surface area contributed by atoms with E-state index in [0.29, 0.717) is 0 Å². The van der Waals surface area contributed by atoms with Crippen LogP contribution in [0.15, 0.2) is 60.7 Å². The Balaban J connectivity index is 1.68. The van der Waals surface area contributed by atoms with Gasteiger partial charge >= 0.3 is 0 Å². The summed E-state index contributed by atoms with van der Waals surface area (Å²) in [6, 6.07) is 22.8. The standard InChI is InChI=1S/C34H40O/c1-6-27-11-13-29(14-12-27)32-18-17-31(24-26(32)5)34(7-2,8-3)30-16-15-28(25(4)23-30)19-22-33(35)20-9-10-21-33/h11-18,23-24,35H,6-10,20-21H2,1-5H3. The smallest absolute Gasteiger partial charge is 0.125 e. The highest BCUT2D eigenvalue weighted by atomic mass is 16.3. The first-order valence-electron chi connectivity index (χ1n) is 13.4. The van der Waals surface area contributed by atoms with Gasteiger partial charge in [-0.05, 0) is 104 Å². The Kier molecular flexibility index (Phi) is 7.53. The predicted molar refractivity (Wildman–Crippen MR) is 149 cm³/mol. The van der Waals surface area contributed by atoms with Crippen molar-refractivity contribution in [2.45, 2.75) is 90.6 Å². The lowest BCUT2D eigenvalue weighted by Gasteiger charge is -2.34. The minimum atomic E-state index is -0.794. The summed E-state index contributed by atoms with van der Waals surface area (Å²) in [7, 11) is 0. The zero-order valence-corrected chi connectivity index (χ0v) is 22.2. The normalized spacial score (nSPS) is 15.0. The van der Waals surface area contributed by atoms with E-state index in [1.165, 1.54) is 38.9 Å². The molecule has 0 amide bonds. The zero-order chi connectivity index (χ0) is 25.1. The molecule has 0 bridgehead atoms. The van der Waals surface area contributed by atoms with Gasteiger partial charge < -0.3 is 5.11 Å². The summed E-state index contributed by atoms with van der Waals surface area (Å²) in [5, 5.41) is 10.6. The molecule has 3 aromatic carbocycles. The molecule has 0 atom stereocenters. The molecular weight excluding hydrogens is 424 g/mol. The average Bonchev–Trinajstić information content (AvgIpc) is 3.31. The van der Waals surface area contributed by atoms with E-state index in [4.69, 9.17) is 0 Å². The Bertz CT molecular complexity index is 1230. The van der Waals surface area contributed by atoms with Gasteiger partial charge in [0.1, 0.15) is 5.60 Å². The van der Waals surface area contributed by atoms with Gasteiger partial charge in [-0.3, -0.25) is 0 Å². The Labute approximate surface area is 212 Å². The fraction of sp³-hybridized carbons (Fsp3) is 0.412. The van der Waals surface area contributed by atoms with Crippen molar-refractivity contribution in [1.82, 2.24) is 0 Å². The fourth-order valence-electron chi connectivity index (χ4n) is 5.81. The molecular formula is C34H40O. The molecule has 1 saturated carbocycles. The molecule has 35 heavy (non-hydrogen) atoms. The first-order valence-corrected chi connectivity index (χ1v) is 13.4. The third-order valence-electron chi connectivity index (χ3n) is 8.30. The highest BCUT2D eigenvalue weighted by Gasteiger charge is 2.32. The van der Waals surface area contributed by atoms with Gasteiger partial charge in [0.05, 0.1) is 0 Å². The first-order chi connectivity index (χ1) is 16.8. The predicted octanol–water partition coefficient (Wildman–Crippen LogP) is 8.30. The van der Waals surface area contributed by atoms with Gasteiger partial charge in [-0.15, -0.1) is 0 Å². The molecule has 1 aliphatic rings. The van der Waals surface area contributed by atoms with E-state index >= 15 is 0 Å². The largest absolute Gasteiger partial charge is 0.378 e. The maximum absolute atomic E-state index is 10.6. The van der Waals surface area contributed by atoms with Crippen molar-refractivity contribution in [3.63, 3.8) is 0 Å². The number of aryl methyl sites for hydroxylation is 3. The van der Waals surface area contributed by atoms with Crippen LogP contribution in [0.3, 0.4) is 0 Å². The lowest BCUT2D eigenvalue weighted by Crippen LogP contribution is -2.26.